The van der Waals surface area contributed by atoms with Gasteiger partial charge in [-0.2, -0.15) is 0 Å². The molecule has 0 radical (unpaired) electrons. The molecule has 0 aliphatic carbocycles. The van der Waals surface area contributed by atoms with Crippen LogP contribution < -0.4 is 10.6 Å². The molecule has 0 bridgehead atoms. The molecule has 1 aromatic rings. The van der Waals surface area contributed by atoms with Crippen LogP contribution in [0.25, 0.3) is 0 Å². The SMILES string of the molecule is CCN(C)CCNC(=NC)NCC(c1cccs1)N1CCCC1.I. The van der Waals surface area contributed by atoms with Crippen LogP contribution in [-0.2, 0) is 0 Å². The molecule has 24 heavy (non-hydrogen) atoms. The smallest absolute Gasteiger partial charge is 0.191 e. The highest BCUT2D eigenvalue weighted by Gasteiger charge is 2.24. The number of rotatable bonds is 8. The molecule has 7 heteroatoms. The number of likely N-dealkylation sites (N-methyl/N-ethyl adjacent to an activating group) is 1. The monoisotopic (exact) mass is 465 g/mol. The Morgan fingerprint density at radius 2 is 2.12 bits per heavy atom. The van der Waals surface area contributed by atoms with E-state index in [1.54, 1.807) is 0 Å². The van der Waals surface area contributed by atoms with Gasteiger partial charge in [0.15, 0.2) is 5.96 Å². The molecule has 1 atom stereocenters. The summed E-state index contributed by atoms with van der Waals surface area (Å²) in [5.74, 6) is 0.898. The van der Waals surface area contributed by atoms with Gasteiger partial charge in [0.2, 0.25) is 0 Å². The van der Waals surface area contributed by atoms with E-state index in [2.05, 4.69) is 56.9 Å². The lowest BCUT2D eigenvalue weighted by atomic mass is 10.2. The first-order valence-corrected chi connectivity index (χ1v) is 9.53. The summed E-state index contributed by atoms with van der Waals surface area (Å²) in [6.07, 6.45) is 2.64. The van der Waals surface area contributed by atoms with Gasteiger partial charge in [-0.1, -0.05) is 13.0 Å². The first-order chi connectivity index (χ1) is 11.2. The number of guanidine groups is 1. The van der Waals surface area contributed by atoms with Crippen molar-refractivity contribution in [3.05, 3.63) is 22.4 Å². The van der Waals surface area contributed by atoms with Crippen molar-refractivity contribution in [3.8, 4) is 0 Å². The summed E-state index contributed by atoms with van der Waals surface area (Å²) < 4.78 is 0. The second-order valence-electron chi connectivity index (χ2n) is 6.05. The van der Waals surface area contributed by atoms with Crippen LogP contribution in [0.15, 0.2) is 22.5 Å². The van der Waals surface area contributed by atoms with Crippen molar-refractivity contribution >= 4 is 41.3 Å². The first kappa shape index (κ1) is 21.7. The molecule has 2 rings (SSSR count). The van der Waals surface area contributed by atoms with Crippen molar-refractivity contribution in [1.29, 1.82) is 0 Å². The Hall–Kier alpha value is -0.380. The average molecular weight is 465 g/mol. The number of likely N-dealkylation sites (tertiary alicyclic amines) is 1. The van der Waals surface area contributed by atoms with Crippen LogP contribution in [0.2, 0.25) is 0 Å². The molecule has 0 aromatic carbocycles. The van der Waals surface area contributed by atoms with Gasteiger partial charge < -0.3 is 15.5 Å². The molecule has 0 saturated carbocycles. The summed E-state index contributed by atoms with van der Waals surface area (Å²) in [5.41, 5.74) is 0. The minimum atomic E-state index is 0. The molecule has 5 nitrogen and oxygen atoms in total. The third-order valence-electron chi connectivity index (χ3n) is 4.47. The molecule has 1 aromatic heterocycles. The molecular formula is C17H32IN5S. The van der Waals surface area contributed by atoms with E-state index in [0.717, 1.165) is 32.1 Å². The summed E-state index contributed by atoms with van der Waals surface area (Å²) >= 11 is 1.85. The molecule has 0 amide bonds. The molecule has 1 saturated heterocycles. The van der Waals surface area contributed by atoms with Gasteiger partial charge in [-0.05, 0) is 51.0 Å². The summed E-state index contributed by atoms with van der Waals surface area (Å²) in [4.78, 5) is 10.7. The fourth-order valence-corrected chi connectivity index (χ4v) is 3.74. The van der Waals surface area contributed by atoms with Gasteiger partial charge in [-0.3, -0.25) is 9.89 Å². The lowest BCUT2D eigenvalue weighted by Crippen LogP contribution is -2.44. The number of halogens is 1. The molecule has 1 fully saturated rings. The van der Waals surface area contributed by atoms with E-state index in [1.165, 1.54) is 30.8 Å². The van der Waals surface area contributed by atoms with Crippen molar-refractivity contribution in [2.45, 2.75) is 25.8 Å². The van der Waals surface area contributed by atoms with Crippen LogP contribution in [0.5, 0.6) is 0 Å². The Kier molecular flexibility index (Phi) is 10.9. The Labute approximate surface area is 167 Å². The van der Waals surface area contributed by atoms with E-state index in [1.807, 2.05) is 18.4 Å². The predicted molar refractivity (Wildman–Crippen MR) is 116 cm³/mol. The van der Waals surface area contributed by atoms with Crippen LogP contribution in [0.1, 0.15) is 30.7 Å². The second kappa shape index (κ2) is 12.1. The number of aliphatic imine (C=N–C) groups is 1. The zero-order valence-electron chi connectivity index (χ0n) is 15.1. The minimum Gasteiger partial charge on any atom is -0.355 e. The van der Waals surface area contributed by atoms with Gasteiger partial charge in [-0.25, -0.2) is 0 Å². The lowest BCUT2D eigenvalue weighted by Gasteiger charge is -2.27. The normalized spacial score (nSPS) is 16.9. The fraction of sp³-hybridized carbons (Fsp3) is 0.706. The molecule has 2 heterocycles. The largest absolute Gasteiger partial charge is 0.355 e. The molecule has 138 valence electrons. The number of thiophene rings is 1. The maximum absolute atomic E-state index is 4.35. The Morgan fingerprint density at radius 1 is 1.38 bits per heavy atom. The van der Waals surface area contributed by atoms with Crippen molar-refractivity contribution in [2.75, 3.05) is 53.4 Å². The summed E-state index contributed by atoms with van der Waals surface area (Å²) in [6.45, 7) is 8.51. The fourth-order valence-electron chi connectivity index (χ4n) is 2.88. The van der Waals surface area contributed by atoms with Crippen molar-refractivity contribution < 1.29 is 0 Å². The van der Waals surface area contributed by atoms with Gasteiger partial charge in [0.25, 0.3) is 0 Å². The van der Waals surface area contributed by atoms with E-state index in [4.69, 9.17) is 0 Å². The third-order valence-corrected chi connectivity index (χ3v) is 5.44. The van der Waals surface area contributed by atoms with E-state index < -0.39 is 0 Å². The number of nitrogens with zero attached hydrogens (tertiary/aromatic N) is 3. The van der Waals surface area contributed by atoms with E-state index >= 15 is 0 Å². The molecular weight excluding hydrogens is 433 g/mol. The standard InChI is InChI=1S/C17H31N5S.HI/c1-4-21(3)12-9-19-17(18-2)20-14-15(16-8-7-13-23-16)22-10-5-6-11-22;/h7-8,13,15H,4-6,9-12,14H2,1-3H3,(H2,18,19,20);1H. The summed E-state index contributed by atoms with van der Waals surface area (Å²) in [7, 11) is 3.98. The van der Waals surface area contributed by atoms with Gasteiger partial charge in [0, 0.05) is 31.6 Å². The second-order valence-corrected chi connectivity index (χ2v) is 7.03. The topological polar surface area (TPSA) is 42.9 Å². The molecule has 1 aliphatic rings. The third kappa shape index (κ3) is 6.85. The maximum Gasteiger partial charge on any atom is 0.191 e. The van der Waals surface area contributed by atoms with E-state index in [-0.39, 0.29) is 24.0 Å². The molecule has 0 spiro atoms. The highest BCUT2D eigenvalue weighted by Crippen LogP contribution is 2.27. The number of hydrogen-bond acceptors (Lipinski definition) is 4. The van der Waals surface area contributed by atoms with Gasteiger partial charge in [-0.15, -0.1) is 35.3 Å². The van der Waals surface area contributed by atoms with Crippen molar-refractivity contribution in [3.63, 3.8) is 0 Å². The van der Waals surface area contributed by atoms with Crippen molar-refractivity contribution in [2.24, 2.45) is 4.99 Å². The lowest BCUT2D eigenvalue weighted by molar-refractivity contribution is 0.249. The summed E-state index contributed by atoms with van der Waals surface area (Å²) in [6, 6.07) is 4.85. The van der Waals surface area contributed by atoms with Crippen molar-refractivity contribution in [1.82, 2.24) is 20.4 Å². The molecule has 2 N–H and O–H groups in total. The number of nitrogens with one attached hydrogen (secondary N) is 2. The van der Waals surface area contributed by atoms with Crippen LogP contribution in [-0.4, -0.2) is 69.1 Å². The quantitative estimate of drug-likeness (QED) is 0.352. The van der Waals surface area contributed by atoms with Crippen LogP contribution >= 0.6 is 35.3 Å². The maximum atomic E-state index is 4.35. The van der Waals surface area contributed by atoms with Gasteiger partial charge >= 0.3 is 0 Å². The van der Waals surface area contributed by atoms with E-state index in [0.29, 0.717) is 6.04 Å². The number of hydrogen-bond donors (Lipinski definition) is 2. The highest BCUT2D eigenvalue weighted by atomic mass is 127. The van der Waals surface area contributed by atoms with Crippen LogP contribution in [0.4, 0.5) is 0 Å². The first-order valence-electron chi connectivity index (χ1n) is 8.65. The minimum absolute atomic E-state index is 0. The predicted octanol–water partition coefficient (Wildman–Crippen LogP) is 2.62. The Balaban J connectivity index is 0.00000288. The zero-order valence-corrected chi connectivity index (χ0v) is 18.3. The Bertz CT molecular complexity index is 460. The van der Waals surface area contributed by atoms with Crippen LogP contribution in [0, 0.1) is 0 Å². The van der Waals surface area contributed by atoms with Gasteiger partial charge in [0.1, 0.15) is 0 Å². The Morgan fingerprint density at radius 3 is 2.71 bits per heavy atom. The van der Waals surface area contributed by atoms with E-state index in [9.17, 15) is 0 Å². The molecule has 1 unspecified atom stereocenters. The highest BCUT2D eigenvalue weighted by molar-refractivity contribution is 14.0. The average Bonchev–Trinajstić information content (AvgIpc) is 3.27. The van der Waals surface area contributed by atoms with Crippen LogP contribution in [0.3, 0.4) is 0 Å². The molecule has 1 aliphatic heterocycles. The zero-order chi connectivity index (χ0) is 16.5. The van der Waals surface area contributed by atoms with Gasteiger partial charge in [0.05, 0.1) is 6.04 Å². The summed E-state index contributed by atoms with van der Waals surface area (Å²) in [5, 5.41) is 9.09.